The van der Waals surface area contributed by atoms with E-state index in [9.17, 15) is 0 Å². The molecule has 2 aromatic carbocycles. The molecule has 3 aromatic rings. The summed E-state index contributed by atoms with van der Waals surface area (Å²) >= 11 is 0. The van der Waals surface area contributed by atoms with Gasteiger partial charge in [-0.3, -0.25) is 0 Å². The molecule has 4 heteroatoms. The van der Waals surface area contributed by atoms with E-state index >= 15 is 0 Å². The molecule has 0 radical (unpaired) electrons. The van der Waals surface area contributed by atoms with Crippen LogP contribution in [0.2, 0.25) is 0 Å². The van der Waals surface area contributed by atoms with Gasteiger partial charge >= 0.3 is 0 Å². The molecule has 1 aliphatic heterocycles. The Morgan fingerprint density at radius 1 is 1.13 bits per heavy atom. The predicted octanol–water partition coefficient (Wildman–Crippen LogP) is 4.23. The van der Waals surface area contributed by atoms with Crippen molar-refractivity contribution in [3.63, 3.8) is 0 Å². The Balaban J connectivity index is 1.78. The zero-order valence-electron chi connectivity index (χ0n) is 13.3. The van der Waals surface area contributed by atoms with Crippen molar-refractivity contribution in [3.8, 4) is 17.0 Å². The minimum Gasteiger partial charge on any atom is -0.494 e. The quantitative estimate of drug-likeness (QED) is 0.787. The summed E-state index contributed by atoms with van der Waals surface area (Å²) in [5.74, 6) is 0.893. The zero-order valence-corrected chi connectivity index (χ0v) is 13.3. The summed E-state index contributed by atoms with van der Waals surface area (Å²) in [6.07, 6.45) is -0.00993. The summed E-state index contributed by atoms with van der Waals surface area (Å²) in [6, 6.07) is 18.7. The van der Waals surface area contributed by atoms with Crippen molar-refractivity contribution in [1.82, 2.24) is 9.78 Å². The molecule has 1 aromatic heterocycles. The summed E-state index contributed by atoms with van der Waals surface area (Å²) in [5.41, 5.74) is 5.66. The van der Waals surface area contributed by atoms with E-state index in [4.69, 9.17) is 4.74 Å². The Hall–Kier alpha value is -2.75. The van der Waals surface area contributed by atoms with Gasteiger partial charge in [0.05, 0.1) is 18.0 Å². The standard InChI is InChI=1S/C19H19N3O/c1-3-23-15-10-8-14(9-11-15)19-20-17-7-5-4-6-16(17)18-12-13(2)21-22(18)19/h4-12,19-20H,3H2,1-2H3/t19-/m1/s1. The minimum absolute atomic E-state index is 0.00993. The van der Waals surface area contributed by atoms with Gasteiger partial charge in [-0.25, -0.2) is 4.68 Å². The van der Waals surface area contributed by atoms with Crippen LogP contribution in [0.15, 0.2) is 54.6 Å². The topological polar surface area (TPSA) is 39.1 Å². The van der Waals surface area contributed by atoms with Gasteiger partial charge in [-0.2, -0.15) is 5.10 Å². The van der Waals surface area contributed by atoms with E-state index in [0.29, 0.717) is 6.61 Å². The fourth-order valence-electron chi connectivity index (χ4n) is 3.09. The molecule has 2 heterocycles. The molecule has 4 nitrogen and oxygen atoms in total. The molecule has 1 atom stereocenters. The molecule has 0 bridgehead atoms. The van der Waals surface area contributed by atoms with Gasteiger partial charge in [-0.1, -0.05) is 30.3 Å². The molecule has 0 spiro atoms. The van der Waals surface area contributed by atoms with E-state index in [1.807, 2.05) is 26.0 Å². The predicted molar refractivity (Wildman–Crippen MR) is 91.8 cm³/mol. The molecule has 23 heavy (non-hydrogen) atoms. The summed E-state index contributed by atoms with van der Waals surface area (Å²) < 4.78 is 7.60. The third-order valence-electron chi connectivity index (χ3n) is 4.10. The molecule has 116 valence electrons. The maximum absolute atomic E-state index is 5.54. The van der Waals surface area contributed by atoms with Crippen molar-refractivity contribution in [3.05, 3.63) is 65.9 Å². The average molecular weight is 305 g/mol. The molecular formula is C19H19N3O. The second-order valence-corrected chi connectivity index (χ2v) is 5.71. The summed E-state index contributed by atoms with van der Waals surface area (Å²) in [4.78, 5) is 0. The Bertz CT molecular complexity index is 836. The summed E-state index contributed by atoms with van der Waals surface area (Å²) in [5, 5.41) is 8.28. The zero-order chi connectivity index (χ0) is 15.8. The highest BCUT2D eigenvalue weighted by Crippen LogP contribution is 2.38. The van der Waals surface area contributed by atoms with Crippen molar-refractivity contribution < 1.29 is 4.74 Å². The third-order valence-corrected chi connectivity index (χ3v) is 4.10. The monoisotopic (exact) mass is 305 g/mol. The number of aryl methyl sites for hydroxylation is 1. The number of hydrogen-bond acceptors (Lipinski definition) is 3. The highest BCUT2D eigenvalue weighted by molar-refractivity contribution is 5.78. The van der Waals surface area contributed by atoms with Crippen LogP contribution in [-0.4, -0.2) is 16.4 Å². The maximum Gasteiger partial charge on any atom is 0.147 e. The lowest BCUT2D eigenvalue weighted by molar-refractivity contribution is 0.340. The number of rotatable bonds is 3. The number of benzene rings is 2. The van der Waals surface area contributed by atoms with E-state index in [1.165, 1.54) is 5.56 Å². The van der Waals surface area contributed by atoms with Gasteiger partial charge in [0, 0.05) is 11.3 Å². The van der Waals surface area contributed by atoms with E-state index in [2.05, 4.69) is 57.6 Å². The van der Waals surface area contributed by atoms with E-state index in [1.54, 1.807) is 0 Å². The van der Waals surface area contributed by atoms with Gasteiger partial charge < -0.3 is 10.1 Å². The number of nitrogens with zero attached hydrogens (tertiary/aromatic N) is 2. The number of anilines is 1. The number of para-hydroxylation sites is 1. The van der Waals surface area contributed by atoms with Crippen molar-refractivity contribution in [2.24, 2.45) is 0 Å². The van der Waals surface area contributed by atoms with Crippen LogP contribution in [0.4, 0.5) is 5.69 Å². The molecule has 0 saturated heterocycles. The molecule has 0 unspecified atom stereocenters. The van der Waals surface area contributed by atoms with Crippen molar-refractivity contribution in [2.75, 3.05) is 11.9 Å². The lowest BCUT2D eigenvalue weighted by atomic mass is 10.0. The Morgan fingerprint density at radius 3 is 2.70 bits per heavy atom. The second-order valence-electron chi connectivity index (χ2n) is 5.71. The Labute approximate surface area is 135 Å². The van der Waals surface area contributed by atoms with Crippen LogP contribution < -0.4 is 10.1 Å². The highest BCUT2D eigenvalue weighted by atomic mass is 16.5. The SMILES string of the molecule is CCOc1ccc([C@@H]2Nc3ccccc3-c3cc(C)nn32)cc1. The van der Waals surface area contributed by atoms with Crippen molar-refractivity contribution in [1.29, 1.82) is 0 Å². The lowest BCUT2D eigenvalue weighted by Crippen LogP contribution is -2.25. The fraction of sp³-hybridized carbons (Fsp3) is 0.211. The van der Waals surface area contributed by atoms with Crippen LogP contribution in [0.25, 0.3) is 11.3 Å². The molecule has 4 rings (SSSR count). The Morgan fingerprint density at radius 2 is 1.91 bits per heavy atom. The van der Waals surface area contributed by atoms with Crippen molar-refractivity contribution >= 4 is 5.69 Å². The van der Waals surface area contributed by atoms with Crippen LogP contribution in [-0.2, 0) is 0 Å². The molecule has 0 fully saturated rings. The van der Waals surface area contributed by atoms with Crippen molar-refractivity contribution in [2.45, 2.75) is 20.0 Å². The summed E-state index contributed by atoms with van der Waals surface area (Å²) in [7, 11) is 0. The van der Waals surface area contributed by atoms with E-state index in [0.717, 1.165) is 28.4 Å². The first-order valence-electron chi connectivity index (χ1n) is 7.91. The third kappa shape index (κ3) is 2.36. The van der Waals surface area contributed by atoms with Crippen LogP contribution in [0.1, 0.15) is 24.3 Å². The smallest absolute Gasteiger partial charge is 0.147 e. The normalized spacial score (nSPS) is 15.5. The molecular weight excluding hydrogens is 286 g/mol. The van der Waals surface area contributed by atoms with Gasteiger partial charge in [0.1, 0.15) is 11.9 Å². The first kappa shape index (κ1) is 13.9. The number of hydrogen-bond donors (Lipinski definition) is 1. The van der Waals surface area contributed by atoms with E-state index in [-0.39, 0.29) is 6.17 Å². The number of ether oxygens (including phenoxy) is 1. The Kier molecular flexibility index (Phi) is 3.30. The van der Waals surface area contributed by atoms with Crippen LogP contribution in [0, 0.1) is 6.92 Å². The number of nitrogens with one attached hydrogen (secondary N) is 1. The average Bonchev–Trinajstić information content (AvgIpc) is 2.97. The van der Waals surface area contributed by atoms with Gasteiger partial charge in [-0.15, -0.1) is 0 Å². The van der Waals surface area contributed by atoms with Crippen LogP contribution >= 0.6 is 0 Å². The van der Waals surface area contributed by atoms with Gasteiger partial charge in [0.15, 0.2) is 0 Å². The summed E-state index contributed by atoms with van der Waals surface area (Å²) in [6.45, 7) is 4.70. The van der Waals surface area contributed by atoms with Crippen LogP contribution in [0.3, 0.4) is 0 Å². The lowest BCUT2D eigenvalue weighted by Gasteiger charge is -2.29. The number of aromatic nitrogens is 2. The first-order valence-corrected chi connectivity index (χ1v) is 7.91. The molecule has 0 saturated carbocycles. The number of fused-ring (bicyclic) bond motifs is 3. The van der Waals surface area contributed by atoms with Gasteiger partial charge in [-0.05, 0) is 43.7 Å². The molecule has 0 aliphatic carbocycles. The molecule has 1 N–H and O–H groups in total. The second kappa shape index (κ2) is 5.47. The van der Waals surface area contributed by atoms with E-state index < -0.39 is 0 Å². The van der Waals surface area contributed by atoms with Gasteiger partial charge in [0.25, 0.3) is 0 Å². The highest BCUT2D eigenvalue weighted by Gasteiger charge is 2.25. The molecule has 1 aliphatic rings. The largest absolute Gasteiger partial charge is 0.494 e. The maximum atomic E-state index is 5.54. The first-order chi connectivity index (χ1) is 11.3. The minimum atomic E-state index is -0.00993. The fourth-order valence-corrected chi connectivity index (χ4v) is 3.09. The molecule has 0 amide bonds. The van der Waals surface area contributed by atoms with Gasteiger partial charge in [0.2, 0.25) is 0 Å². The van der Waals surface area contributed by atoms with Crippen LogP contribution in [0.5, 0.6) is 5.75 Å².